The molecule has 1 aromatic heterocycles. The van der Waals surface area contributed by atoms with E-state index in [2.05, 4.69) is 36.5 Å². The zero-order valence-electron chi connectivity index (χ0n) is 12.1. The summed E-state index contributed by atoms with van der Waals surface area (Å²) in [6.45, 7) is 6.75. The third kappa shape index (κ3) is 3.91. The molecule has 0 amide bonds. The van der Waals surface area contributed by atoms with Crippen molar-refractivity contribution in [1.29, 1.82) is 0 Å². The van der Waals surface area contributed by atoms with Gasteiger partial charge < -0.3 is 0 Å². The van der Waals surface area contributed by atoms with Crippen molar-refractivity contribution in [2.45, 2.75) is 71.3 Å². The Labute approximate surface area is 112 Å². The third-order valence-electron chi connectivity index (χ3n) is 3.87. The second kappa shape index (κ2) is 7.26. The number of nitrogens with zero attached hydrogens (tertiary/aromatic N) is 2. The first kappa shape index (κ1) is 14.8. The first-order valence-corrected chi connectivity index (χ1v) is 7.19. The van der Waals surface area contributed by atoms with Crippen molar-refractivity contribution in [3.8, 4) is 12.3 Å². The summed E-state index contributed by atoms with van der Waals surface area (Å²) in [6.07, 6.45) is 16.3. The molecule has 0 aliphatic heterocycles. The number of hydrogen-bond acceptors (Lipinski definition) is 1. The highest BCUT2D eigenvalue weighted by Gasteiger charge is 2.24. The standard InChI is InChI=1S/C16H26N2/c1-5-8-9-10-11-13-16(4,7-3)18-14-12-15(6-2)17-18/h2,12,14H,5,7-11,13H2,1,3-4H3. The van der Waals surface area contributed by atoms with E-state index in [9.17, 15) is 0 Å². The second-order valence-electron chi connectivity index (χ2n) is 5.30. The lowest BCUT2D eigenvalue weighted by molar-refractivity contribution is 0.244. The molecule has 0 aliphatic rings. The Balaban J connectivity index is 2.54. The molecule has 1 unspecified atom stereocenters. The van der Waals surface area contributed by atoms with Crippen LogP contribution in [0.1, 0.15) is 71.4 Å². The van der Waals surface area contributed by atoms with E-state index in [0.29, 0.717) is 0 Å². The highest BCUT2D eigenvalue weighted by Crippen LogP contribution is 2.27. The summed E-state index contributed by atoms with van der Waals surface area (Å²) in [4.78, 5) is 0. The monoisotopic (exact) mass is 246 g/mol. The lowest BCUT2D eigenvalue weighted by Crippen LogP contribution is -2.30. The van der Waals surface area contributed by atoms with E-state index in [1.165, 1.54) is 38.5 Å². The van der Waals surface area contributed by atoms with Crippen LogP contribution in [0.15, 0.2) is 12.3 Å². The molecule has 0 spiro atoms. The van der Waals surface area contributed by atoms with Crippen LogP contribution in [0, 0.1) is 12.3 Å². The minimum Gasteiger partial charge on any atom is -0.266 e. The average Bonchev–Trinajstić information content (AvgIpc) is 2.87. The Morgan fingerprint density at radius 3 is 2.56 bits per heavy atom. The summed E-state index contributed by atoms with van der Waals surface area (Å²) >= 11 is 0. The van der Waals surface area contributed by atoms with Gasteiger partial charge in [0, 0.05) is 6.20 Å². The number of terminal acetylenes is 1. The maximum Gasteiger partial charge on any atom is 0.135 e. The van der Waals surface area contributed by atoms with E-state index in [1.807, 2.05) is 12.3 Å². The maximum absolute atomic E-state index is 5.38. The molecule has 0 aromatic carbocycles. The number of rotatable bonds is 8. The Hall–Kier alpha value is -1.23. The quantitative estimate of drug-likeness (QED) is 0.492. The summed E-state index contributed by atoms with van der Waals surface area (Å²) in [5, 5.41) is 4.47. The zero-order chi connectivity index (χ0) is 13.4. The molecule has 2 nitrogen and oxygen atoms in total. The fraction of sp³-hybridized carbons (Fsp3) is 0.688. The first-order valence-electron chi connectivity index (χ1n) is 7.19. The van der Waals surface area contributed by atoms with Gasteiger partial charge in [0.25, 0.3) is 0 Å². The largest absolute Gasteiger partial charge is 0.266 e. The fourth-order valence-electron chi connectivity index (χ4n) is 2.26. The van der Waals surface area contributed by atoms with Gasteiger partial charge in [0.1, 0.15) is 5.69 Å². The summed E-state index contributed by atoms with van der Waals surface area (Å²) in [7, 11) is 0. The Bertz CT molecular complexity index is 386. The van der Waals surface area contributed by atoms with Crippen LogP contribution in [0.4, 0.5) is 0 Å². The van der Waals surface area contributed by atoms with Crippen molar-refractivity contribution in [3.05, 3.63) is 18.0 Å². The molecule has 0 saturated heterocycles. The third-order valence-corrected chi connectivity index (χ3v) is 3.87. The molecule has 1 heterocycles. The second-order valence-corrected chi connectivity index (χ2v) is 5.30. The van der Waals surface area contributed by atoms with Gasteiger partial charge >= 0.3 is 0 Å². The van der Waals surface area contributed by atoms with E-state index >= 15 is 0 Å². The highest BCUT2D eigenvalue weighted by molar-refractivity contribution is 5.22. The van der Waals surface area contributed by atoms with E-state index in [1.54, 1.807) is 0 Å². The fourth-order valence-corrected chi connectivity index (χ4v) is 2.26. The van der Waals surface area contributed by atoms with Gasteiger partial charge in [-0.05, 0) is 31.8 Å². The lowest BCUT2D eigenvalue weighted by atomic mass is 9.91. The van der Waals surface area contributed by atoms with Crippen molar-refractivity contribution in [2.24, 2.45) is 0 Å². The molecule has 0 N–H and O–H groups in total. The van der Waals surface area contributed by atoms with Crippen molar-refractivity contribution in [1.82, 2.24) is 9.78 Å². The van der Waals surface area contributed by atoms with Crippen LogP contribution >= 0.6 is 0 Å². The number of unbranched alkanes of at least 4 members (excludes halogenated alkanes) is 4. The van der Waals surface area contributed by atoms with E-state index in [4.69, 9.17) is 6.42 Å². The minimum absolute atomic E-state index is 0.112. The molecule has 0 fully saturated rings. The normalized spacial score (nSPS) is 14.1. The minimum atomic E-state index is 0.112. The molecule has 18 heavy (non-hydrogen) atoms. The van der Waals surface area contributed by atoms with Crippen LogP contribution in [0.25, 0.3) is 0 Å². The SMILES string of the molecule is C#Cc1ccn(C(C)(CC)CCCCCCC)n1. The van der Waals surface area contributed by atoms with Crippen molar-refractivity contribution in [3.63, 3.8) is 0 Å². The van der Waals surface area contributed by atoms with Crippen LogP contribution in [-0.4, -0.2) is 9.78 Å². The van der Waals surface area contributed by atoms with Gasteiger partial charge in [0.2, 0.25) is 0 Å². The molecule has 1 atom stereocenters. The highest BCUT2D eigenvalue weighted by atomic mass is 15.3. The number of hydrogen-bond donors (Lipinski definition) is 0. The summed E-state index contributed by atoms with van der Waals surface area (Å²) < 4.78 is 2.06. The van der Waals surface area contributed by atoms with Gasteiger partial charge in [-0.25, -0.2) is 0 Å². The topological polar surface area (TPSA) is 17.8 Å². The van der Waals surface area contributed by atoms with Gasteiger partial charge in [0.15, 0.2) is 0 Å². The van der Waals surface area contributed by atoms with Crippen molar-refractivity contribution < 1.29 is 0 Å². The Kier molecular flexibility index (Phi) is 5.98. The van der Waals surface area contributed by atoms with Gasteiger partial charge in [-0.3, -0.25) is 4.68 Å². The Morgan fingerprint density at radius 1 is 1.28 bits per heavy atom. The van der Waals surface area contributed by atoms with Crippen LogP contribution < -0.4 is 0 Å². The predicted molar refractivity (Wildman–Crippen MR) is 77.5 cm³/mol. The van der Waals surface area contributed by atoms with Crippen LogP contribution in [0.5, 0.6) is 0 Å². The molecule has 0 saturated carbocycles. The maximum atomic E-state index is 5.38. The molecule has 100 valence electrons. The predicted octanol–water partition coefficient (Wildman–Crippen LogP) is 4.35. The number of aromatic nitrogens is 2. The molecular weight excluding hydrogens is 220 g/mol. The molecule has 1 aromatic rings. The first-order chi connectivity index (χ1) is 8.66. The summed E-state index contributed by atoms with van der Waals surface area (Å²) in [5.74, 6) is 2.60. The van der Waals surface area contributed by atoms with Crippen molar-refractivity contribution in [2.75, 3.05) is 0 Å². The summed E-state index contributed by atoms with van der Waals surface area (Å²) in [5.41, 5.74) is 0.849. The molecule has 1 rings (SSSR count). The van der Waals surface area contributed by atoms with Gasteiger partial charge in [-0.2, -0.15) is 5.10 Å². The molecular formula is C16H26N2. The van der Waals surface area contributed by atoms with E-state index in [0.717, 1.165) is 12.1 Å². The van der Waals surface area contributed by atoms with E-state index in [-0.39, 0.29) is 5.54 Å². The van der Waals surface area contributed by atoms with Crippen LogP contribution in [0.3, 0.4) is 0 Å². The van der Waals surface area contributed by atoms with Crippen LogP contribution in [-0.2, 0) is 5.54 Å². The average molecular weight is 246 g/mol. The lowest BCUT2D eigenvalue weighted by Gasteiger charge is -2.29. The zero-order valence-corrected chi connectivity index (χ0v) is 12.1. The molecule has 2 heteroatoms. The van der Waals surface area contributed by atoms with Crippen LogP contribution in [0.2, 0.25) is 0 Å². The van der Waals surface area contributed by atoms with Crippen molar-refractivity contribution >= 4 is 0 Å². The smallest absolute Gasteiger partial charge is 0.135 e. The van der Waals surface area contributed by atoms with Gasteiger partial charge in [-0.1, -0.05) is 46.0 Å². The Morgan fingerprint density at radius 2 is 2.00 bits per heavy atom. The van der Waals surface area contributed by atoms with Gasteiger partial charge in [0.05, 0.1) is 5.54 Å². The van der Waals surface area contributed by atoms with E-state index < -0.39 is 0 Å². The molecule has 0 radical (unpaired) electrons. The molecule has 0 bridgehead atoms. The van der Waals surface area contributed by atoms with Gasteiger partial charge in [-0.15, -0.1) is 6.42 Å². The molecule has 0 aliphatic carbocycles. The summed E-state index contributed by atoms with van der Waals surface area (Å²) in [6, 6.07) is 1.92.